The molecule has 0 spiro atoms. The summed E-state index contributed by atoms with van der Waals surface area (Å²) in [6, 6.07) is 0. The molecule has 7 nitrogen and oxygen atoms in total. The van der Waals surface area contributed by atoms with E-state index in [0.29, 0.717) is 38.3 Å². The van der Waals surface area contributed by atoms with E-state index < -0.39 is 0 Å². The Morgan fingerprint density at radius 1 is 0.317 bits per heavy atom. The monoisotopic (exact) mass is 849 g/mol. The molecule has 0 aliphatic heterocycles. The highest BCUT2D eigenvalue weighted by Crippen LogP contribution is 2.15. The van der Waals surface area contributed by atoms with Crippen molar-refractivity contribution in [2.75, 3.05) is 53.0 Å². The van der Waals surface area contributed by atoms with Crippen molar-refractivity contribution in [2.24, 2.45) is 0 Å². The molecular weight excluding hydrogens is 745 g/mol. The van der Waals surface area contributed by atoms with Crippen molar-refractivity contribution in [3.05, 3.63) is 0 Å². The summed E-state index contributed by atoms with van der Waals surface area (Å²) in [5.74, 6) is 0.267. The number of nitrogens with zero attached hydrogens (tertiary/aromatic N) is 2. The van der Waals surface area contributed by atoms with Crippen LogP contribution in [0.15, 0.2) is 0 Å². The molecule has 0 aliphatic carbocycles. The molecule has 0 radical (unpaired) electrons. The molecule has 0 aromatic heterocycles. The standard InChI is InChI=1S/C53H104N2O5/c1-5-8-11-14-17-20-23-24-27-30-33-40-51(56)41-36-46-55(47-38-43-53(58)60-50-35-32-29-26-22-19-16-13-10-7-3)48-39-45-54(4)44-37-42-52(57)59-49-34-31-28-25-21-18-15-12-9-6-2/h5-50H2,1-4H3. The lowest BCUT2D eigenvalue weighted by Crippen LogP contribution is -2.31. The van der Waals surface area contributed by atoms with E-state index in [2.05, 4.69) is 37.6 Å². The van der Waals surface area contributed by atoms with Gasteiger partial charge in [-0.15, -0.1) is 0 Å². The Hall–Kier alpha value is -1.47. The van der Waals surface area contributed by atoms with Crippen molar-refractivity contribution in [3.63, 3.8) is 0 Å². The molecule has 0 saturated heterocycles. The van der Waals surface area contributed by atoms with Gasteiger partial charge in [-0.2, -0.15) is 0 Å². The highest BCUT2D eigenvalue weighted by molar-refractivity contribution is 5.78. The molecule has 0 saturated carbocycles. The predicted octanol–water partition coefficient (Wildman–Crippen LogP) is 15.1. The fourth-order valence-electron chi connectivity index (χ4n) is 8.26. The van der Waals surface area contributed by atoms with E-state index in [1.165, 1.54) is 167 Å². The zero-order valence-corrected chi connectivity index (χ0v) is 41.0. The Labute approximate surface area is 374 Å². The second-order valence-electron chi connectivity index (χ2n) is 18.4. The van der Waals surface area contributed by atoms with E-state index >= 15 is 0 Å². The number of ketones is 1. The third-order valence-electron chi connectivity index (χ3n) is 12.3. The lowest BCUT2D eigenvalue weighted by molar-refractivity contribution is -0.144. The molecule has 0 bridgehead atoms. The summed E-state index contributed by atoms with van der Waals surface area (Å²) in [6.45, 7) is 12.4. The highest BCUT2D eigenvalue weighted by Gasteiger charge is 2.11. The van der Waals surface area contributed by atoms with Gasteiger partial charge in [-0.3, -0.25) is 14.4 Å². The first-order valence-corrected chi connectivity index (χ1v) is 26.7. The van der Waals surface area contributed by atoms with Crippen LogP contribution in [-0.2, 0) is 23.9 Å². The summed E-state index contributed by atoms with van der Waals surface area (Å²) in [6.07, 6.45) is 45.8. The molecule has 0 aromatic carbocycles. The van der Waals surface area contributed by atoms with Gasteiger partial charge < -0.3 is 19.3 Å². The third-order valence-corrected chi connectivity index (χ3v) is 12.3. The zero-order chi connectivity index (χ0) is 43.8. The van der Waals surface area contributed by atoms with Crippen molar-refractivity contribution in [3.8, 4) is 0 Å². The summed E-state index contributed by atoms with van der Waals surface area (Å²) in [4.78, 5) is 42.3. The van der Waals surface area contributed by atoms with Gasteiger partial charge in [0.15, 0.2) is 0 Å². The normalized spacial score (nSPS) is 11.6. The Morgan fingerprint density at radius 3 is 1.00 bits per heavy atom. The summed E-state index contributed by atoms with van der Waals surface area (Å²) in [7, 11) is 2.14. The zero-order valence-electron chi connectivity index (χ0n) is 41.0. The first-order valence-electron chi connectivity index (χ1n) is 26.7. The maximum absolute atomic E-state index is 12.7. The largest absolute Gasteiger partial charge is 0.466 e. The van der Waals surface area contributed by atoms with Gasteiger partial charge in [0.1, 0.15) is 5.78 Å². The van der Waals surface area contributed by atoms with Gasteiger partial charge >= 0.3 is 11.9 Å². The lowest BCUT2D eigenvalue weighted by Gasteiger charge is -2.24. The number of esters is 2. The van der Waals surface area contributed by atoms with E-state index in [1.54, 1.807) is 0 Å². The van der Waals surface area contributed by atoms with Crippen LogP contribution in [0, 0.1) is 0 Å². The average molecular weight is 849 g/mol. The molecular formula is C53H104N2O5. The molecule has 60 heavy (non-hydrogen) atoms. The van der Waals surface area contributed by atoms with Crippen LogP contribution in [0.5, 0.6) is 0 Å². The molecule has 0 aromatic rings. The van der Waals surface area contributed by atoms with E-state index in [-0.39, 0.29) is 11.9 Å². The maximum Gasteiger partial charge on any atom is 0.305 e. The third kappa shape index (κ3) is 46.0. The minimum atomic E-state index is -0.0743. The first-order chi connectivity index (χ1) is 29.4. The van der Waals surface area contributed by atoms with Crippen LogP contribution >= 0.6 is 0 Å². The molecule has 7 heteroatoms. The van der Waals surface area contributed by atoms with Crippen molar-refractivity contribution in [2.45, 2.75) is 271 Å². The molecule has 0 N–H and O–H groups in total. The summed E-state index contributed by atoms with van der Waals surface area (Å²) in [5, 5.41) is 0. The molecule has 0 fully saturated rings. The van der Waals surface area contributed by atoms with Gasteiger partial charge in [0.2, 0.25) is 0 Å². The summed E-state index contributed by atoms with van der Waals surface area (Å²) >= 11 is 0. The van der Waals surface area contributed by atoms with Crippen LogP contribution in [-0.4, -0.2) is 80.5 Å². The molecule has 356 valence electrons. The van der Waals surface area contributed by atoms with E-state index in [9.17, 15) is 14.4 Å². The van der Waals surface area contributed by atoms with E-state index in [0.717, 1.165) is 96.9 Å². The predicted molar refractivity (Wildman–Crippen MR) is 258 cm³/mol. The Bertz CT molecular complexity index is 870. The second-order valence-corrected chi connectivity index (χ2v) is 18.4. The summed E-state index contributed by atoms with van der Waals surface area (Å²) in [5.41, 5.74) is 0. The molecule has 0 heterocycles. The summed E-state index contributed by atoms with van der Waals surface area (Å²) < 4.78 is 11.1. The van der Waals surface area contributed by atoms with Crippen molar-refractivity contribution in [1.29, 1.82) is 0 Å². The van der Waals surface area contributed by atoms with Crippen molar-refractivity contribution >= 4 is 17.7 Å². The highest BCUT2D eigenvalue weighted by atomic mass is 16.5. The number of Topliss-reactive ketones (excluding diaryl/α,β-unsaturated/α-hetero) is 1. The van der Waals surface area contributed by atoms with Crippen LogP contribution in [0.4, 0.5) is 0 Å². The molecule has 0 aliphatic rings. The first kappa shape index (κ1) is 58.5. The smallest absolute Gasteiger partial charge is 0.305 e. The number of unbranched alkanes of at least 4 members (excludes halogenated alkanes) is 28. The van der Waals surface area contributed by atoms with Crippen LogP contribution in [0.2, 0.25) is 0 Å². The number of carbonyl (C=O) groups excluding carboxylic acids is 3. The number of rotatable bonds is 50. The van der Waals surface area contributed by atoms with E-state index in [1.807, 2.05) is 0 Å². The Morgan fingerprint density at radius 2 is 0.600 bits per heavy atom. The van der Waals surface area contributed by atoms with Gasteiger partial charge in [0.25, 0.3) is 0 Å². The fourth-order valence-corrected chi connectivity index (χ4v) is 8.26. The van der Waals surface area contributed by atoms with Crippen LogP contribution in [0.3, 0.4) is 0 Å². The Balaban J connectivity index is 4.34. The molecule has 0 rings (SSSR count). The maximum atomic E-state index is 12.7. The Kier molecular flexibility index (Phi) is 47.4. The SMILES string of the molecule is CCCCCCCCCCCCCC(=O)CCCN(CCCC(=O)OCCCCCCCCCCCC)CCCN(C)CCCC(=O)OCCCCCCCCCCCC. The van der Waals surface area contributed by atoms with Gasteiger partial charge in [-0.25, -0.2) is 0 Å². The second kappa shape index (κ2) is 48.6. The molecule has 0 amide bonds. The van der Waals surface area contributed by atoms with Gasteiger partial charge in [-0.1, -0.05) is 201 Å². The van der Waals surface area contributed by atoms with Gasteiger partial charge in [0.05, 0.1) is 13.2 Å². The fraction of sp³-hybridized carbons (Fsp3) is 0.943. The average Bonchev–Trinajstić information content (AvgIpc) is 3.23. The molecule has 0 atom stereocenters. The van der Waals surface area contributed by atoms with Crippen molar-refractivity contribution in [1.82, 2.24) is 9.80 Å². The topological polar surface area (TPSA) is 76.2 Å². The number of hydrogen-bond acceptors (Lipinski definition) is 7. The van der Waals surface area contributed by atoms with Crippen LogP contribution in [0.1, 0.15) is 271 Å². The van der Waals surface area contributed by atoms with E-state index in [4.69, 9.17) is 9.47 Å². The van der Waals surface area contributed by atoms with Gasteiger partial charge in [0, 0.05) is 25.7 Å². The lowest BCUT2D eigenvalue weighted by atomic mass is 10.0. The number of ether oxygens (including phenoxy) is 2. The number of carbonyl (C=O) groups is 3. The minimum Gasteiger partial charge on any atom is -0.466 e. The van der Waals surface area contributed by atoms with Crippen molar-refractivity contribution < 1.29 is 23.9 Å². The van der Waals surface area contributed by atoms with Gasteiger partial charge in [-0.05, 0) is 84.7 Å². The van der Waals surface area contributed by atoms with Crippen LogP contribution in [0.25, 0.3) is 0 Å². The number of hydrogen-bond donors (Lipinski definition) is 0. The van der Waals surface area contributed by atoms with Crippen LogP contribution < -0.4 is 0 Å². The quantitative estimate of drug-likeness (QED) is 0.0446. The minimum absolute atomic E-state index is 0.0643. The molecule has 0 unspecified atom stereocenters.